The van der Waals surface area contributed by atoms with Crippen molar-refractivity contribution in [1.29, 1.82) is 0 Å². The Balaban J connectivity index is 0.956. The van der Waals surface area contributed by atoms with E-state index < -0.39 is 0 Å². The minimum Gasteiger partial charge on any atom is -0.298 e. The van der Waals surface area contributed by atoms with E-state index in [1.807, 2.05) is 0 Å². The SMILES string of the molecule is O=C(CN1CCC(CC2Cc3ccccc3C3=C2c2ccccc2CC3)CC1)C12CC3CC(CC(C3)C1)C2. The molecule has 2 aromatic rings. The molecule has 1 unspecified atom stereocenters. The zero-order chi connectivity index (χ0) is 25.3. The van der Waals surface area contributed by atoms with Crippen molar-refractivity contribution in [2.24, 2.45) is 35.0 Å². The van der Waals surface area contributed by atoms with Gasteiger partial charge in [-0.1, -0.05) is 48.5 Å². The summed E-state index contributed by atoms with van der Waals surface area (Å²) in [6.07, 6.45) is 15.3. The minimum absolute atomic E-state index is 0.0678. The third kappa shape index (κ3) is 3.96. The van der Waals surface area contributed by atoms with E-state index in [9.17, 15) is 4.79 Å². The standard InChI is InChI=1S/C36H43NO/c38-34(36-20-25-15-26(21-36)17-27(16-25)22-36)23-37-13-11-24(12-14-37)18-30-19-29-6-2-3-7-31(29)33-10-9-28-5-1-4-8-32(28)35(30)33/h1-8,24-27,30H,9-23H2. The van der Waals surface area contributed by atoms with E-state index in [1.165, 1.54) is 88.2 Å². The van der Waals surface area contributed by atoms with Crippen LogP contribution in [0.3, 0.4) is 0 Å². The molecule has 4 bridgehead atoms. The molecule has 1 heterocycles. The van der Waals surface area contributed by atoms with Gasteiger partial charge in [-0.15, -0.1) is 0 Å². The van der Waals surface area contributed by atoms with Crippen molar-refractivity contribution in [3.05, 3.63) is 70.8 Å². The zero-order valence-corrected chi connectivity index (χ0v) is 23.0. The monoisotopic (exact) mass is 505 g/mol. The van der Waals surface area contributed by atoms with Crippen LogP contribution in [-0.2, 0) is 17.6 Å². The van der Waals surface area contributed by atoms with Gasteiger partial charge in [0.25, 0.3) is 0 Å². The van der Waals surface area contributed by atoms with Crippen LogP contribution in [-0.4, -0.2) is 30.3 Å². The number of piperidine rings is 1. The quantitative estimate of drug-likeness (QED) is 0.417. The van der Waals surface area contributed by atoms with Gasteiger partial charge in [0, 0.05) is 5.41 Å². The highest BCUT2D eigenvalue weighted by molar-refractivity contribution is 5.96. The van der Waals surface area contributed by atoms with Crippen LogP contribution in [0.25, 0.3) is 11.1 Å². The van der Waals surface area contributed by atoms with Crippen molar-refractivity contribution in [3.8, 4) is 0 Å². The maximum absolute atomic E-state index is 13.7. The summed E-state index contributed by atoms with van der Waals surface area (Å²) in [4.78, 5) is 16.2. The zero-order valence-electron chi connectivity index (χ0n) is 23.0. The van der Waals surface area contributed by atoms with Gasteiger partial charge in [0.05, 0.1) is 6.54 Å². The lowest BCUT2D eigenvalue weighted by Gasteiger charge is -2.56. The fourth-order valence-electron chi connectivity index (χ4n) is 10.5. The molecule has 9 rings (SSSR count). The molecule has 6 aliphatic carbocycles. The molecule has 0 N–H and O–H groups in total. The predicted molar refractivity (Wildman–Crippen MR) is 155 cm³/mol. The Kier molecular flexibility index (Phi) is 5.72. The van der Waals surface area contributed by atoms with E-state index in [4.69, 9.17) is 0 Å². The van der Waals surface area contributed by atoms with Gasteiger partial charge in [0.2, 0.25) is 0 Å². The van der Waals surface area contributed by atoms with E-state index in [-0.39, 0.29) is 5.41 Å². The molecule has 38 heavy (non-hydrogen) atoms. The van der Waals surface area contributed by atoms with Gasteiger partial charge in [-0.3, -0.25) is 9.69 Å². The van der Waals surface area contributed by atoms with Crippen LogP contribution in [0.1, 0.15) is 86.5 Å². The van der Waals surface area contributed by atoms with E-state index in [2.05, 4.69) is 53.4 Å². The number of hydrogen-bond acceptors (Lipinski definition) is 2. The highest BCUT2D eigenvalue weighted by Crippen LogP contribution is 2.60. The third-order valence-electron chi connectivity index (χ3n) is 11.8. The molecule has 1 saturated heterocycles. The number of Topliss-reactive ketones (excluding diaryl/α,β-unsaturated/α-hetero) is 1. The minimum atomic E-state index is 0.0678. The number of hydrogen-bond donors (Lipinski definition) is 0. The summed E-state index contributed by atoms with van der Waals surface area (Å²) in [6, 6.07) is 18.4. The summed E-state index contributed by atoms with van der Waals surface area (Å²) in [5.41, 5.74) is 9.54. The van der Waals surface area contributed by atoms with Gasteiger partial charge in [-0.2, -0.15) is 0 Å². The van der Waals surface area contributed by atoms with Crippen LogP contribution in [0.5, 0.6) is 0 Å². The summed E-state index contributed by atoms with van der Waals surface area (Å²) in [7, 11) is 0. The maximum atomic E-state index is 13.7. The number of fused-ring (bicyclic) bond motifs is 4. The number of ketones is 1. The van der Waals surface area contributed by atoms with E-state index in [1.54, 1.807) is 22.3 Å². The number of rotatable bonds is 5. The number of allylic oxidation sites excluding steroid dienone is 2. The Bertz CT molecular complexity index is 1240. The van der Waals surface area contributed by atoms with Gasteiger partial charge < -0.3 is 0 Å². The molecule has 0 aromatic heterocycles. The molecule has 1 atom stereocenters. The number of aryl methyl sites for hydroxylation is 1. The first-order chi connectivity index (χ1) is 18.6. The van der Waals surface area contributed by atoms with Gasteiger partial charge in [-0.05, 0) is 153 Å². The number of nitrogens with zero attached hydrogens (tertiary/aromatic N) is 1. The lowest BCUT2D eigenvalue weighted by Crippen LogP contribution is -2.53. The van der Waals surface area contributed by atoms with Crippen molar-refractivity contribution in [2.75, 3.05) is 19.6 Å². The van der Waals surface area contributed by atoms with Crippen LogP contribution >= 0.6 is 0 Å². The summed E-state index contributed by atoms with van der Waals surface area (Å²) >= 11 is 0. The molecule has 5 fully saturated rings. The van der Waals surface area contributed by atoms with E-state index in [0.717, 1.165) is 43.3 Å². The Labute approximate surface area is 228 Å². The van der Waals surface area contributed by atoms with Gasteiger partial charge in [-0.25, -0.2) is 0 Å². The number of carbonyl (C=O) groups is 1. The van der Waals surface area contributed by atoms with E-state index >= 15 is 0 Å². The van der Waals surface area contributed by atoms with Crippen LogP contribution in [0.4, 0.5) is 0 Å². The van der Waals surface area contributed by atoms with E-state index in [0.29, 0.717) is 11.7 Å². The third-order valence-corrected chi connectivity index (χ3v) is 11.8. The van der Waals surface area contributed by atoms with Crippen molar-refractivity contribution >= 4 is 16.9 Å². The van der Waals surface area contributed by atoms with Crippen molar-refractivity contribution in [1.82, 2.24) is 4.90 Å². The Morgan fingerprint density at radius 2 is 1.42 bits per heavy atom. The summed E-state index contributed by atoms with van der Waals surface area (Å²) < 4.78 is 0. The van der Waals surface area contributed by atoms with Crippen LogP contribution in [0, 0.1) is 35.0 Å². The molecule has 0 amide bonds. The summed E-state index contributed by atoms with van der Waals surface area (Å²) in [5, 5.41) is 0. The normalized spacial score (nSPS) is 34.1. The fraction of sp³-hybridized carbons (Fsp3) is 0.583. The number of benzene rings is 2. The molecule has 1 aliphatic heterocycles. The largest absolute Gasteiger partial charge is 0.298 e. The summed E-state index contributed by atoms with van der Waals surface area (Å²) in [5.74, 6) is 4.61. The smallest absolute Gasteiger partial charge is 0.152 e. The topological polar surface area (TPSA) is 20.3 Å². The van der Waals surface area contributed by atoms with Gasteiger partial charge in [0.1, 0.15) is 0 Å². The molecule has 2 nitrogen and oxygen atoms in total. The highest BCUT2D eigenvalue weighted by Gasteiger charge is 2.54. The molecular formula is C36H43NO. The molecule has 2 aromatic carbocycles. The van der Waals surface area contributed by atoms with Gasteiger partial charge >= 0.3 is 0 Å². The van der Waals surface area contributed by atoms with Crippen molar-refractivity contribution in [3.63, 3.8) is 0 Å². The van der Waals surface area contributed by atoms with Crippen molar-refractivity contribution < 1.29 is 4.79 Å². The average molecular weight is 506 g/mol. The van der Waals surface area contributed by atoms with Gasteiger partial charge in [0.15, 0.2) is 5.78 Å². The second kappa shape index (κ2) is 9.19. The molecule has 7 aliphatic rings. The molecular weight excluding hydrogens is 462 g/mol. The lowest BCUT2D eigenvalue weighted by molar-refractivity contribution is -0.145. The Morgan fingerprint density at radius 1 is 0.789 bits per heavy atom. The maximum Gasteiger partial charge on any atom is 0.152 e. The first-order valence-corrected chi connectivity index (χ1v) is 15.8. The molecule has 0 radical (unpaired) electrons. The van der Waals surface area contributed by atoms with Crippen LogP contribution in [0.15, 0.2) is 48.5 Å². The first kappa shape index (κ1) is 23.7. The van der Waals surface area contributed by atoms with Crippen molar-refractivity contribution in [2.45, 2.75) is 77.0 Å². The van der Waals surface area contributed by atoms with Crippen LogP contribution in [0.2, 0.25) is 0 Å². The predicted octanol–water partition coefficient (Wildman–Crippen LogP) is 7.60. The first-order valence-electron chi connectivity index (χ1n) is 15.8. The number of likely N-dealkylation sites (tertiary alicyclic amines) is 1. The summed E-state index contributed by atoms with van der Waals surface area (Å²) in [6.45, 7) is 2.97. The molecule has 2 heteroatoms. The van der Waals surface area contributed by atoms with Crippen LogP contribution < -0.4 is 0 Å². The molecule has 198 valence electrons. The fourth-order valence-corrected chi connectivity index (χ4v) is 10.5. The Morgan fingerprint density at radius 3 is 2.13 bits per heavy atom. The average Bonchev–Trinajstić information content (AvgIpc) is 2.93. The lowest BCUT2D eigenvalue weighted by atomic mass is 9.48. The second-order valence-electron chi connectivity index (χ2n) is 14.2. The highest BCUT2D eigenvalue weighted by atomic mass is 16.1. The molecule has 0 spiro atoms. The Hall–Kier alpha value is -2.19. The second-order valence-corrected chi connectivity index (χ2v) is 14.2. The number of carbonyl (C=O) groups excluding carboxylic acids is 1. The molecule has 4 saturated carbocycles.